The first-order valence-electron chi connectivity index (χ1n) is 5.61. The number of hydrogen-bond acceptors (Lipinski definition) is 3. The quantitative estimate of drug-likeness (QED) is 0.703. The van der Waals surface area contributed by atoms with Gasteiger partial charge in [-0.05, 0) is 33.2 Å². The highest BCUT2D eigenvalue weighted by molar-refractivity contribution is 4.87. The summed E-state index contributed by atoms with van der Waals surface area (Å²) >= 11 is 0. The smallest absolute Gasteiger partial charge is 0.0582 e. The summed E-state index contributed by atoms with van der Waals surface area (Å²) in [5.41, 5.74) is 0. The zero-order valence-electron chi connectivity index (χ0n) is 9.83. The van der Waals surface area contributed by atoms with Gasteiger partial charge in [0.05, 0.1) is 6.61 Å². The van der Waals surface area contributed by atoms with Gasteiger partial charge in [-0.3, -0.25) is 0 Å². The van der Waals surface area contributed by atoms with Crippen LogP contribution in [0, 0.1) is 5.92 Å². The van der Waals surface area contributed by atoms with Gasteiger partial charge < -0.3 is 15.3 Å². The molecule has 4 atom stereocenters. The number of aliphatic hydroxyl groups is 1. The van der Waals surface area contributed by atoms with Crippen molar-refractivity contribution < 1.29 is 5.11 Å². The highest BCUT2D eigenvalue weighted by atomic mass is 16.3. The Kier molecular flexibility index (Phi) is 4.35. The zero-order valence-corrected chi connectivity index (χ0v) is 9.83. The third-order valence-electron chi connectivity index (χ3n) is 3.38. The van der Waals surface area contributed by atoms with Gasteiger partial charge in [0.15, 0.2) is 0 Å². The highest BCUT2D eigenvalue weighted by Gasteiger charge is 2.29. The van der Waals surface area contributed by atoms with Gasteiger partial charge in [0.2, 0.25) is 0 Å². The second-order valence-corrected chi connectivity index (χ2v) is 4.86. The van der Waals surface area contributed by atoms with E-state index in [0.717, 1.165) is 6.54 Å². The van der Waals surface area contributed by atoms with Crippen molar-refractivity contribution in [2.45, 2.75) is 45.3 Å². The number of nitrogens with zero attached hydrogens (tertiary/aromatic N) is 1. The number of nitrogens with one attached hydrogen (secondary N) is 1. The molecule has 14 heavy (non-hydrogen) atoms. The van der Waals surface area contributed by atoms with Crippen molar-refractivity contribution >= 4 is 0 Å². The Bertz CT molecular complexity index is 173. The number of piperidine rings is 1. The molecular weight excluding hydrogens is 176 g/mol. The Morgan fingerprint density at radius 2 is 2.14 bits per heavy atom. The van der Waals surface area contributed by atoms with E-state index < -0.39 is 0 Å². The van der Waals surface area contributed by atoms with Crippen molar-refractivity contribution in [3.05, 3.63) is 0 Å². The average molecular weight is 200 g/mol. The number of likely N-dealkylation sites (tertiary alicyclic amines) is 1. The summed E-state index contributed by atoms with van der Waals surface area (Å²) in [6, 6.07) is 1.43. The molecule has 1 aliphatic rings. The minimum atomic E-state index is 0.220. The Morgan fingerprint density at radius 3 is 2.71 bits per heavy atom. The van der Waals surface area contributed by atoms with Gasteiger partial charge in [0.1, 0.15) is 0 Å². The minimum absolute atomic E-state index is 0.220. The molecule has 0 radical (unpaired) electrons. The van der Waals surface area contributed by atoms with E-state index in [-0.39, 0.29) is 12.6 Å². The molecule has 0 aromatic heterocycles. The van der Waals surface area contributed by atoms with Crippen molar-refractivity contribution in [2.75, 3.05) is 20.2 Å². The van der Waals surface area contributed by atoms with Crippen molar-refractivity contribution in [1.29, 1.82) is 0 Å². The average Bonchev–Trinajstić information content (AvgIpc) is 2.14. The molecule has 0 saturated carbocycles. The van der Waals surface area contributed by atoms with Crippen LogP contribution < -0.4 is 5.32 Å². The van der Waals surface area contributed by atoms with Gasteiger partial charge >= 0.3 is 0 Å². The molecule has 84 valence electrons. The standard InChI is InChI=1S/C11H24N2O/c1-8-6-13(4)10(3)5-11(8)12-9(2)7-14/h8-12,14H,5-7H2,1-4H3/t8-,9+,10+,11-/m1/s1. The fraction of sp³-hybridized carbons (Fsp3) is 1.00. The molecular formula is C11H24N2O. The lowest BCUT2D eigenvalue weighted by Gasteiger charge is -2.41. The predicted molar refractivity (Wildman–Crippen MR) is 59.3 cm³/mol. The van der Waals surface area contributed by atoms with Gasteiger partial charge in [-0.2, -0.15) is 0 Å². The lowest BCUT2D eigenvalue weighted by molar-refractivity contribution is 0.109. The van der Waals surface area contributed by atoms with Crippen LogP contribution in [0.25, 0.3) is 0 Å². The lowest BCUT2D eigenvalue weighted by Crippen LogP contribution is -2.53. The minimum Gasteiger partial charge on any atom is -0.395 e. The first kappa shape index (κ1) is 12.0. The molecule has 0 aromatic carbocycles. The van der Waals surface area contributed by atoms with E-state index in [9.17, 15) is 0 Å². The van der Waals surface area contributed by atoms with Crippen molar-refractivity contribution in [2.24, 2.45) is 5.92 Å². The topological polar surface area (TPSA) is 35.5 Å². The maximum atomic E-state index is 9.00. The summed E-state index contributed by atoms with van der Waals surface area (Å²) in [5, 5.41) is 12.5. The van der Waals surface area contributed by atoms with Crippen LogP contribution in [0.2, 0.25) is 0 Å². The SMILES string of the molecule is C[C@@H]1CN(C)[C@@H](C)C[C@H]1N[C@@H](C)CO. The van der Waals surface area contributed by atoms with Crippen LogP contribution in [0.5, 0.6) is 0 Å². The van der Waals surface area contributed by atoms with Crippen LogP contribution >= 0.6 is 0 Å². The maximum absolute atomic E-state index is 9.00. The van der Waals surface area contributed by atoms with E-state index >= 15 is 0 Å². The summed E-state index contributed by atoms with van der Waals surface area (Å²) in [7, 11) is 2.19. The Hall–Kier alpha value is -0.120. The molecule has 1 saturated heterocycles. The zero-order chi connectivity index (χ0) is 10.7. The van der Waals surface area contributed by atoms with Gasteiger partial charge in [-0.25, -0.2) is 0 Å². The molecule has 0 unspecified atom stereocenters. The molecule has 1 heterocycles. The summed E-state index contributed by atoms with van der Waals surface area (Å²) in [6.07, 6.45) is 1.18. The molecule has 0 aliphatic carbocycles. The molecule has 0 amide bonds. The number of rotatable bonds is 3. The summed E-state index contributed by atoms with van der Waals surface area (Å²) in [6.45, 7) is 7.97. The van der Waals surface area contributed by atoms with Gasteiger partial charge in [-0.15, -0.1) is 0 Å². The van der Waals surface area contributed by atoms with E-state index in [0.29, 0.717) is 18.0 Å². The van der Waals surface area contributed by atoms with Crippen molar-refractivity contribution in [3.8, 4) is 0 Å². The molecule has 3 nitrogen and oxygen atoms in total. The Labute approximate surface area is 87.5 Å². The fourth-order valence-corrected chi connectivity index (χ4v) is 2.19. The third kappa shape index (κ3) is 2.94. The van der Waals surface area contributed by atoms with E-state index in [1.165, 1.54) is 6.42 Å². The van der Waals surface area contributed by atoms with E-state index in [2.05, 4.69) is 31.1 Å². The number of aliphatic hydroxyl groups excluding tert-OH is 1. The predicted octanol–water partition coefficient (Wildman–Crippen LogP) is 0.685. The van der Waals surface area contributed by atoms with Gasteiger partial charge in [-0.1, -0.05) is 6.92 Å². The van der Waals surface area contributed by atoms with Crippen molar-refractivity contribution in [1.82, 2.24) is 10.2 Å². The molecule has 0 bridgehead atoms. The maximum Gasteiger partial charge on any atom is 0.0582 e. The molecule has 0 aromatic rings. The van der Waals surface area contributed by atoms with Crippen LogP contribution in [0.3, 0.4) is 0 Å². The van der Waals surface area contributed by atoms with E-state index in [1.807, 2.05) is 6.92 Å². The Balaban J connectivity index is 2.44. The highest BCUT2D eigenvalue weighted by Crippen LogP contribution is 2.20. The van der Waals surface area contributed by atoms with Crippen LogP contribution in [-0.2, 0) is 0 Å². The summed E-state index contributed by atoms with van der Waals surface area (Å²) in [5.74, 6) is 0.671. The van der Waals surface area contributed by atoms with Crippen LogP contribution in [0.4, 0.5) is 0 Å². The Morgan fingerprint density at radius 1 is 1.50 bits per heavy atom. The summed E-state index contributed by atoms with van der Waals surface area (Å²) < 4.78 is 0. The number of hydrogen-bond donors (Lipinski definition) is 2. The van der Waals surface area contributed by atoms with Gasteiger partial charge in [0.25, 0.3) is 0 Å². The molecule has 1 fully saturated rings. The normalized spacial score (nSPS) is 37.1. The second kappa shape index (κ2) is 5.10. The lowest BCUT2D eigenvalue weighted by atomic mass is 9.89. The molecule has 2 N–H and O–H groups in total. The van der Waals surface area contributed by atoms with Crippen LogP contribution in [0.1, 0.15) is 27.2 Å². The van der Waals surface area contributed by atoms with Crippen LogP contribution in [-0.4, -0.2) is 48.3 Å². The van der Waals surface area contributed by atoms with Crippen molar-refractivity contribution in [3.63, 3.8) is 0 Å². The first-order valence-corrected chi connectivity index (χ1v) is 5.61. The van der Waals surface area contributed by atoms with Crippen LogP contribution in [0.15, 0.2) is 0 Å². The van der Waals surface area contributed by atoms with E-state index in [4.69, 9.17) is 5.11 Å². The fourth-order valence-electron chi connectivity index (χ4n) is 2.19. The third-order valence-corrected chi connectivity index (χ3v) is 3.38. The van der Waals surface area contributed by atoms with E-state index in [1.54, 1.807) is 0 Å². The second-order valence-electron chi connectivity index (χ2n) is 4.86. The van der Waals surface area contributed by atoms with Gasteiger partial charge in [0, 0.05) is 24.7 Å². The monoisotopic (exact) mass is 200 g/mol. The molecule has 3 heteroatoms. The largest absolute Gasteiger partial charge is 0.395 e. The summed E-state index contributed by atoms with van der Waals surface area (Å²) in [4.78, 5) is 2.41. The molecule has 0 spiro atoms. The first-order chi connectivity index (χ1) is 6.54. The molecule has 1 rings (SSSR count). The molecule has 1 aliphatic heterocycles.